The van der Waals surface area contributed by atoms with Crippen molar-refractivity contribution < 1.29 is 14.6 Å². The molecule has 0 heterocycles. The van der Waals surface area contributed by atoms with Gasteiger partial charge in [0.15, 0.2) is 0 Å². The Labute approximate surface area is 110 Å². The zero-order chi connectivity index (χ0) is 13.6. The first-order valence-corrected chi connectivity index (χ1v) is 6.48. The van der Waals surface area contributed by atoms with E-state index in [-0.39, 0.29) is 5.60 Å². The van der Waals surface area contributed by atoms with Gasteiger partial charge in [-0.1, -0.05) is 25.1 Å². The van der Waals surface area contributed by atoms with Crippen molar-refractivity contribution in [3.05, 3.63) is 29.8 Å². The number of hydrogen-bond acceptors (Lipinski definition) is 3. The van der Waals surface area contributed by atoms with Crippen molar-refractivity contribution >= 4 is 0 Å². The maximum atomic E-state index is 9.88. The number of aliphatic hydroxyl groups excluding tert-OH is 1. The minimum Gasteiger partial charge on any atom is -0.491 e. The lowest BCUT2D eigenvalue weighted by atomic mass is 10.1. The van der Waals surface area contributed by atoms with Gasteiger partial charge in [0.1, 0.15) is 12.4 Å². The van der Waals surface area contributed by atoms with E-state index in [1.54, 1.807) is 0 Å². The van der Waals surface area contributed by atoms with Gasteiger partial charge in [0.05, 0.1) is 18.3 Å². The van der Waals surface area contributed by atoms with E-state index < -0.39 is 6.10 Å². The van der Waals surface area contributed by atoms with Crippen LogP contribution in [0.4, 0.5) is 0 Å². The monoisotopic (exact) mass is 252 g/mol. The molecule has 0 aliphatic heterocycles. The fourth-order valence-electron chi connectivity index (χ4n) is 1.61. The van der Waals surface area contributed by atoms with Gasteiger partial charge in [0.2, 0.25) is 0 Å². The number of rotatable bonds is 6. The fraction of sp³-hybridized carbons (Fsp3) is 0.600. The van der Waals surface area contributed by atoms with Crippen molar-refractivity contribution in [2.45, 2.75) is 45.8 Å². The van der Waals surface area contributed by atoms with E-state index >= 15 is 0 Å². The molecule has 1 N–H and O–H groups in total. The average Bonchev–Trinajstić information content (AvgIpc) is 2.33. The molecule has 3 nitrogen and oxygen atoms in total. The van der Waals surface area contributed by atoms with E-state index in [0.29, 0.717) is 19.6 Å². The fourth-order valence-corrected chi connectivity index (χ4v) is 1.61. The molecule has 3 heteroatoms. The van der Waals surface area contributed by atoms with Crippen molar-refractivity contribution in [3.63, 3.8) is 0 Å². The molecule has 0 bridgehead atoms. The van der Waals surface area contributed by atoms with E-state index in [2.05, 4.69) is 0 Å². The highest BCUT2D eigenvalue weighted by atomic mass is 16.5. The standard InChI is InChI=1S/C15H24O3/c1-5-13(16)12-8-6-7-9-14(12)17-10-11-18-15(2,3)4/h6-9,13,16H,5,10-11H2,1-4H3. The third-order valence-electron chi connectivity index (χ3n) is 2.54. The summed E-state index contributed by atoms with van der Waals surface area (Å²) >= 11 is 0. The van der Waals surface area contributed by atoms with Crippen LogP contribution in [0.25, 0.3) is 0 Å². The van der Waals surface area contributed by atoms with Crippen molar-refractivity contribution in [3.8, 4) is 5.75 Å². The maximum absolute atomic E-state index is 9.88. The van der Waals surface area contributed by atoms with Crippen LogP contribution in [0.3, 0.4) is 0 Å². The first kappa shape index (κ1) is 15.0. The molecular formula is C15H24O3. The lowest BCUT2D eigenvalue weighted by Crippen LogP contribution is -2.22. The lowest BCUT2D eigenvalue weighted by molar-refractivity contribution is -0.0166. The molecule has 0 saturated heterocycles. The Bertz CT molecular complexity index is 355. The van der Waals surface area contributed by atoms with Crippen LogP contribution in [-0.4, -0.2) is 23.9 Å². The smallest absolute Gasteiger partial charge is 0.125 e. The lowest BCUT2D eigenvalue weighted by Gasteiger charge is -2.20. The van der Waals surface area contributed by atoms with Crippen molar-refractivity contribution in [2.75, 3.05) is 13.2 Å². The summed E-state index contributed by atoms with van der Waals surface area (Å²) in [5.41, 5.74) is 0.696. The number of ether oxygens (including phenoxy) is 2. The molecule has 0 aromatic heterocycles. The zero-order valence-corrected chi connectivity index (χ0v) is 11.8. The zero-order valence-electron chi connectivity index (χ0n) is 11.8. The summed E-state index contributed by atoms with van der Waals surface area (Å²) in [6.07, 6.45) is 0.212. The van der Waals surface area contributed by atoms with E-state index in [1.165, 1.54) is 0 Å². The molecular weight excluding hydrogens is 228 g/mol. The highest BCUT2D eigenvalue weighted by molar-refractivity contribution is 5.34. The van der Waals surface area contributed by atoms with Gasteiger partial charge in [-0.15, -0.1) is 0 Å². The second-order valence-corrected chi connectivity index (χ2v) is 5.27. The molecule has 0 saturated carbocycles. The predicted molar refractivity (Wildman–Crippen MR) is 72.9 cm³/mol. The normalized spacial score (nSPS) is 13.4. The predicted octanol–water partition coefficient (Wildman–Crippen LogP) is 3.32. The van der Waals surface area contributed by atoms with Gasteiger partial charge < -0.3 is 14.6 Å². The van der Waals surface area contributed by atoms with E-state index in [4.69, 9.17) is 9.47 Å². The maximum Gasteiger partial charge on any atom is 0.125 e. The number of benzene rings is 1. The van der Waals surface area contributed by atoms with Crippen LogP contribution in [0.2, 0.25) is 0 Å². The Kier molecular flexibility index (Phi) is 5.63. The van der Waals surface area contributed by atoms with E-state index in [0.717, 1.165) is 11.3 Å². The van der Waals surface area contributed by atoms with Gasteiger partial charge in [-0.3, -0.25) is 0 Å². The molecule has 18 heavy (non-hydrogen) atoms. The second-order valence-electron chi connectivity index (χ2n) is 5.27. The van der Waals surface area contributed by atoms with Crippen LogP contribution in [0.5, 0.6) is 5.75 Å². The van der Waals surface area contributed by atoms with Crippen LogP contribution in [-0.2, 0) is 4.74 Å². The van der Waals surface area contributed by atoms with Crippen LogP contribution in [0.1, 0.15) is 45.8 Å². The second kappa shape index (κ2) is 6.76. The number of aliphatic hydroxyl groups is 1. The van der Waals surface area contributed by atoms with Crippen LogP contribution >= 0.6 is 0 Å². The summed E-state index contributed by atoms with van der Waals surface area (Å²) in [5.74, 6) is 0.740. The molecule has 0 radical (unpaired) electrons. The molecule has 102 valence electrons. The Morgan fingerprint density at radius 2 is 1.83 bits per heavy atom. The summed E-state index contributed by atoms with van der Waals surface area (Å²) in [5, 5.41) is 9.88. The Hall–Kier alpha value is -1.06. The Balaban J connectivity index is 2.52. The highest BCUT2D eigenvalue weighted by Crippen LogP contribution is 2.26. The molecule has 0 amide bonds. The van der Waals surface area contributed by atoms with Crippen LogP contribution in [0, 0.1) is 0 Å². The van der Waals surface area contributed by atoms with Crippen molar-refractivity contribution in [2.24, 2.45) is 0 Å². The Morgan fingerprint density at radius 3 is 2.44 bits per heavy atom. The Morgan fingerprint density at radius 1 is 1.17 bits per heavy atom. The molecule has 0 spiro atoms. The van der Waals surface area contributed by atoms with Crippen molar-refractivity contribution in [1.82, 2.24) is 0 Å². The molecule has 1 atom stereocenters. The third kappa shape index (κ3) is 5.07. The van der Waals surface area contributed by atoms with E-state index in [9.17, 15) is 5.11 Å². The van der Waals surface area contributed by atoms with Gasteiger partial charge in [0, 0.05) is 5.56 Å². The third-order valence-corrected chi connectivity index (χ3v) is 2.54. The first-order valence-electron chi connectivity index (χ1n) is 6.48. The minimum absolute atomic E-state index is 0.147. The van der Waals surface area contributed by atoms with Gasteiger partial charge in [-0.05, 0) is 33.3 Å². The quantitative estimate of drug-likeness (QED) is 0.789. The van der Waals surface area contributed by atoms with Crippen LogP contribution < -0.4 is 4.74 Å². The summed E-state index contributed by atoms with van der Waals surface area (Å²) in [4.78, 5) is 0. The SMILES string of the molecule is CCC(O)c1ccccc1OCCOC(C)(C)C. The van der Waals surface area contributed by atoms with Crippen molar-refractivity contribution in [1.29, 1.82) is 0 Å². The molecule has 1 unspecified atom stereocenters. The minimum atomic E-state index is -0.468. The molecule has 1 aromatic carbocycles. The largest absolute Gasteiger partial charge is 0.491 e. The van der Waals surface area contributed by atoms with Gasteiger partial charge >= 0.3 is 0 Å². The molecule has 0 aliphatic rings. The average molecular weight is 252 g/mol. The number of hydrogen-bond donors (Lipinski definition) is 1. The molecule has 0 fully saturated rings. The van der Waals surface area contributed by atoms with E-state index in [1.807, 2.05) is 52.0 Å². The summed E-state index contributed by atoms with van der Waals surface area (Å²) in [7, 11) is 0. The topological polar surface area (TPSA) is 38.7 Å². The summed E-state index contributed by atoms with van der Waals surface area (Å²) in [6.45, 7) is 9.03. The summed E-state index contributed by atoms with van der Waals surface area (Å²) in [6, 6.07) is 7.60. The molecule has 1 rings (SSSR count). The van der Waals surface area contributed by atoms with Crippen LogP contribution in [0.15, 0.2) is 24.3 Å². The van der Waals surface area contributed by atoms with Gasteiger partial charge in [-0.2, -0.15) is 0 Å². The molecule has 0 aliphatic carbocycles. The number of para-hydroxylation sites is 1. The highest BCUT2D eigenvalue weighted by Gasteiger charge is 2.12. The summed E-state index contributed by atoms with van der Waals surface area (Å²) < 4.78 is 11.3. The first-order chi connectivity index (χ1) is 8.44. The molecule has 1 aromatic rings. The van der Waals surface area contributed by atoms with Gasteiger partial charge in [-0.25, -0.2) is 0 Å². The van der Waals surface area contributed by atoms with Gasteiger partial charge in [0.25, 0.3) is 0 Å².